The van der Waals surface area contributed by atoms with Crippen molar-refractivity contribution in [3.8, 4) is 0 Å². The van der Waals surface area contributed by atoms with E-state index >= 15 is 0 Å². The molecule has 0 fully saturated rings. The van der Waals surface area contributed by atoms with Gasteiger partial charge in [-0.3, -0.25) is 19.2 Å². The van der Waals surface area contributed by atoms with E-state index in [1.54, 1.807) is 0 Å². The van der Waals surface area contributed by atoms with Gasteiger partial charge in [0, 0.05) is 27.3 Å². The molecule has 0 aliphatic heterocycles. The zero-order valence-corrected chi connectivity index (χ0v) is 14.4. The van der Waals surface area contributed by atoms with Crippen molar-refractivity contribution in [1.82, 2.24) is 0 Å². The third-order valence-corrected chi connectivity index (χ3v) is 3.98. The fraction of sp³-hybridized carbons (Fsp3) is 0.111. The molecule has 0 unspecified atom stereocenters. The first-order valence-electron chi connectivity index (χ1n) is 6.93. The van der Waals surface area contributed by atoms with E-state index in [4.69, 9.17) is 23.2 Å². The van der Waals surface area contributed by atoms with Gasteiger partial charge < -0.3 is 0 Å². The summed E-state index contributed by atoms with van der Waals surface area (Å²) >= 11 is 11.7. The quantitative estimate of drug-likeness (QED) is 0.581. The summed E-state index contributed by atoms with van der Waals surface area (Å²) in [6.45, 7) is 2.45. The maximum atomic E-state index is 12.6. The number of Topliss-reactive ketones (excluding diaryl/α,β-unsaturated/α-hetero) is 4. The van der Waals surface area contributed by atoms with Gasteiger partial charge in [-0.05, 0) is 50.2 Å². The molecule has 0 atom stereocenters. The first-order chi connectivity index (χ1) is 11.2. The summed E-state index contributed by atoms with van der Waals surface area (Å²) in [5, 5.41) is 0.483. The number of ketones is 4. The minimum absolute atomic E-state index is 0.0566. The summed E-state index contributed by atoms with van der Waals surface area (Å²) in [5.74, 6) is -2.67. The Bertz CT molecular complexity index is 867. The molecule has 122 valence electrons. The molecule has 0 bridgehead atoms. The number of carbonyl (C=O) groups excluding carboxylic acids is 4. The van der Waals surface area contributed by atoms with Crippen LogP contribution in [0.5, 0.6) is 0 Å². The molecule has 4 nitrogen and oxygen atoms in total. The summed E-state index contributed by atoms with van der Waals surface area (Å²) in [5.41, 5.74) is -0.198. The van der Waals surface area contributed by atoms with E-state index in [9.17, 15) is 19.2 Å². The van der Waals surface area contributed by atoms with Crippen LogP contribution in [0.15, 0.2) is 36.4 Å². The van der Waals surface area contributed by atoms with E-state index < -0.39 is 23.1 Å². The van der Waals surface area contributed by atoms with E-state index in [1.165, 1.54) is 50.2 Å². The molecule has 2 aromatic rings. The van der Waals surface area contributed by atoms with Crippen molar-refractivity contribution in [2.75, 3.05) is 0 Å². The van der Waals surface area contributed by atoms with E-state index in [1.807, 2.05) is 0 Å². The number of rotatable bonds is 5. The Kier molecular flexibility index (Phi) is 5.32. The van der Waals surface area contributed by atoms with Crippen LogP contribution in [0.3, 0.4) is 0 Å². The third-order valence-electron chi connectivity index (χ3n) is 3.42. The maximum Gasteiger partial charge on any atom is 0.234 e. The second-order valence-electron chi connectivity index (χ2n) is 5.12. The highest BCUT2D eigenvalue weighted by Crippen LogP contribution is 2.26. The second kappa shape index (κ2) is 7.07. The first kappa shape index (κ1) is 18.0. The topological polar surface area (TPSA) is 68.3 Å². The molecule has 0 aliphatic rings. The Balaban J connectivity index is 2.59. The van der Waals surface area contributed by atoms with Crippen molar-refractivity contribution in [2.24, 2.45) is 0 Å². The van der Waals surface area contributed by atoms with Crippen molar-refractivity contribution in [1.29, 1.82) is 0 Å². The summed E-state index contributed by atoms with van der Waals surface area (Å²) < 4.78 is 0. The van der Waals surface area contributed by atoms with Crippen molar-refractivity contribution in [3.05, 3.63) is 68.7 Å². The molecule has 0 aliphatic carbocycles. The Morgan fingerprint density at radius 1 is 0.708 bits per heavy atom. The molecule has 0 saturated heterocycles. The van der Waals surface area contributed by atoms with Gasteiger partial charge in [0.25, 0.3) is 0 Å². The van der Waals surface area contributed by atoms with Crippen LogP contribution in [0.4, 0.5) is 0 Å². The molecular weight excluding hydrogens is 351 g/mol. The van der Waals surface area contributed by atoms with Crippen molar-refractivity contribution in [3.63, 3.8) is 0 Å². The van der Waals surface area contributed by atoms with Crippen LogP contribution in [0, 0.1) is 0 Å². The zero-order valence-electron chi connectivity index (χ0n) is 12.9. The molecule has 0 N–H and O–H groups in total. The fourth-order valence-electron chi connectivity index (χ4n) is 2.33. The highest BCUT2D eigenvalue weighted by Gasteiger charge is 2.27. The van der Waals surface area contributed by atoms with Crippen LogP contribution in [-0.2, 0) is 0 Å². The predicted molar refractivity (Wildman–Crippen MR) is 91.6 cm³/mol. The second-order valence-corrected chi connectivity index (χ2v) is 5.97. The minimum Gasteiger partial charge on any atom is -0.294 e. The highest BCUT2D eigenvalue weighted by atomic mass is 35.5. The van der Waals surface area contributed by atoms with Crippen molar-refractivity contribution >= 4 is 46.3 Å². The normalized spacial score (nSPS) is 10.3. The summed E-state index contributed by atoms with van der Waals surface area (Å²) in [4.78, 5) is 48.7. The minimum atomic E-state index is -0.887. The summed E-state index contributed by atoms with van der Waals surface area (Å²) in [7, 11) is 0. The van der Waals surface area contributed by atoms with Crippen LogP contribution in [0.1, 0.15) is 55.3 Å². The molecule has 2 aromatic carbocycles. The van der Waals surface area contributed by atoms with E-state index in [2.05, 4.69) is 0 Å². The van der Waals surface area contributed by atoms with E-state index in [-0.39, 0.29) is 27.3 Å². The average Bonchev–Trinajstić information content (AvgIpc) is 2.53. The van der Waals surface area contributed by atoms with Gasteiger partial charge >= 0.3 is 0 Å². The van der Waals surface area contributed by atoms with Gasteiger partial charge in [0.2, 0.25) is 11.6 Å². The van der Waals surface area contributed by atoms with Gasteiger partial charge in [-0.25, -0.2) is 0 Å². The largest absolute Gasteiger partial charge is 0.294 e. The van der Waals surface area contributed by atoms with Gasteiger partial charge in [-0.2, -0.15) is 0 Å². The van der Waals surface area contributed by atoms with Crippen molar-refractivity contribution < 1.29 is 19.2 Å². The third kappa shape index (κ3) is 3.45. The molecular formula is C18H12Cl2O4. The summed E-state index contributed by atoms with van der Waals surface area (Å²) in [6, 6.07) is 8.40. The summed E-state index contributed by atoms with van der Waals surface area (Å²) in [6.07, 6.45) is 0. The monoisotopic (exact) mass is 362 g/mol. The molecule has 0 spiro atoms. The number of halogens is 2. The van der Waals surface area contributed by atoms with Crippen LogP contribution >= 0.6 is 23.2 Å². The van der Waals surface area contributed by atoms with Crippen molar-refractivity contribution in [2.45, 2.75) is 13.8 Å². The molecule has 6 heteroatoms. The number of carbonyl (C=O) groups is 4. The Morgan fingerprint density at radius 2 is 1.25 bits per heavy atom. The molecule has 2 rings (SSSR count). The van der Waals surface area contributed by atoms with Crippen LogP contribution in [0.2, 0.25) is 10.0 Å². The lowest BCUT2D eigenvalue weighted by atomic mass is 9.91. The Morgan fingerprint density at radius 3 is 1.75 bits per heavy atom. The lowest BCUT2D eigenvalue weighted by molar-refractivity contribution is 0.0814. The average molecular weight is 363 g/mol. The Hall–Kier alpha value is -2.30. The lowest BCUT2D eigenvalue weighted by Gasteiger charge is -2.11. The standard InChI is InChI=1S/C18H12Cl2O4/c1-9(21)15-13(7-8-14(20)16(15)10(2)22)18(24)17(23)11-3-5-12(19)6-4-11/h3-8H,1-2H3. The SMILES string of the molecule is CC(=O)c1c(Cl)ccc(C(=O)C(=O)c2ccc(Cl)cc2)c1C(C)=O. The predicted octanol–water partition coefficient (Wildman–Crippen LogP) is 4.46. The first-order valence-corrected chi connectivity index (χ1v) is 7.68. The van der Waals surface area contributed by atoms with Gasteiger partial charge in [-0.15, -0.1) is 0 Å². The van der Waals surface area contributed by atoms with Crippen LogP contribution < -0.4 is 0 Å². The molecule has 24 heavy (non-hydrogen) atoms. The zero-order chi connectivity index (χ0) is 18.0. The number of benzene rings is 2. The van der Waals surface area contributed by atoms with Gasteiger partial charge in [0.15, 0.2) is 11.6 Å². The van der Waals surface area contributed by atoms with Gasteiger partial charge in [-0.1, -0.05) is 23.2 Å². The van der Waals surface area contributed by atoms with Gasteiger partial charge in [0.05, 0.1) is 5.02 Å². The lowest BCUT2D eigenvalue weighted by Crippen LogP contribution is -2.20. The van der Waals surface area contributed by atoms with E-state index in [0.29, 0.717) is 5.02 Å². The number of hydrogen-bond acceptors (Lipinski definition) is 4. The molecule has 0 saturated carbocycles. The van der Waals surface area contributed by atoms with Crippen LogP contribution in [0.25, 0.3) is 0 Å². The van der Waals surface area contributed by atoms with E-state index in [0.717, 1.165) is 0 Å². The maximum absolute atomic E-state index is 12.6. The molecule has 0 amide bonds. The highest BCUT2D eigenvalue weighted by molar-refractivity contribution is 6.50. The fourth-order valence-corrected chi connectivity index (χ4v) is 2.75. The number of hydrogen-bond donors (Lipinski definition) is 0. The van der Waals surface area contributed by atoms with Gasteiger partial charge in [0.1, 0.15) is 0 Å². The molecule has 0 heterocycles. The molecule has 0 aromatic heterocycles. The smallest absolute Gasteiger partial charge is 0.234 e. The molecule has 0 radical (unpaired) electrons. The van der Waals surface area contributed by atoms with Crippen LogP contribution in [-0.4, -0.2) is 23.1 Å². The Labute approximate surface area is 148 Å².